The van der Waals surface area contributed by atoms with Crippen molar-refractivity contribution < 1.29 is 0 Å². The molecule has 0 bridgehead atoms. The van der Waals surface area contributed by atoms with E-state index in [0.717, 1.165) is 12.5 Å². The van der Waals surface area contributed by atoms with Gasteiger partial charge in [0.2, 0.25) is 0 Å². The van der Waals surface area contributed by atoms with E-state index in [2.05, 4.69) is 55.4 Å². The molecule has 1 aliphatic heterocycles. The molecule has 1 aliphatic rings. The van der Waals surface area contributed by atoms with Crippen molar-refractivity contribution in [2.24, 2.45) is 5.92 Å². The lowest BCUT2D eigenvalue weighted by Gasteiger charge is -2.27. The van der Waals surface area contributed by atoms with Crippen LogP contribution in [0, 0.1) is 5.92 Å². The van der Waals surface area contributed by atoms with Crippen LogP contribution in [0.1, 0.15) is 43.7 Å². The Morgan fingerprint density at radius 1 is 1.26 bits per heavy atom. The minimum atomic E-state index is 0.625. The van der Waals surface area contributed by atoms with Gasteiger partial charge in [-0.3, -0.25) is 0 Å². The molecule has 1 atom stereocenters. The minimum absolute atomic E-state index is 0.625. The lowest BCUT2D eigenvalue weighted by Crippen LogP contribution is -2.36. The smallest absolute Gasteiger partial charge is 0.0230 e. The first-order chi connectivity index (χ1) is 9.15. The zero-order valence-corrected chi connectivity index (χ0v) is 12.7. The van der Waals surface area contributed by atoms with E-state index in [4.69, 9.17) is 0 Å². The molecule has 0 radical (unpaired) electrons. The Morgan fingerprint density at radius 3 is 2.58 bits per heavy atom. The molecular weight excluding hydrogens is 232 g/mol. The van der Waals surface area contributed by atoms with Gasteiger partial charge in [0, 0.05) is 13.1 Å². The maximum atomic E-state index is 3.50. The summed E-state index contributed by atoms with van der Waals surface area (Å²) in [6.45, 7) is 9.16. The molecule has 1 heterocycles. The van der Waals surface area contributed by atoms with Crippen LogP contribution >= 0.6 is 0 Å². The van der Waals surface area contributed by atoms with E-state index in [1.54, 1.807) is 0 Å². The monoisotopic (exact) mass is 260 g/mol. The van der Waals surface area contributed by atoms with E-state index < -0.39 is 0 Å². The van der Waals surface area contributed by atoms with Crippen molar-refractivity contribution in [3.8, 4) is 0 Å². The van der Waals surface area contributed by atoms with Gasteiger partial charge in [-0.15, -0.1) is 0 Å². The summed E-state index contributed by atoms with van der Waals surface area (Å²) in [7, 11) is 2.24. The number of piperidine rings is 1. The summed E-state index contributed by atoms with van der Waals surface area (Å²) < 4.78 is 0. The van der Waals surface area contributed by atoms with Crippen molar-refractivity contribution in [2.75, 3.05) is 26.7 Å². The van der Waals surface area contributed by atoms with Crippen molar-refractivity contribution in [1.82, 2.24) is 10.2 Å². The maximum absolute atomic E-state index is 3.50. The molecule has 1 aromatic carbocycles. The van der Waals surface area contributed by atoms with E-state index in [0.29, 0.717) is 5.92 Å². The quantitative estimate of drug-likeness (QED) is 0.874. The topological polar surface area (TPSA) is 15.3 Å². The van der Waals surface area contributed by atoms with Gasteiger partial charge in [-0.1, -0.05) is 38.1 Å². The van der Waals surface area contributed by atoms with Gasteiger partial charge in [0.05, 0.1) is 0 Å². The normalized spacial score (nSPS) is 20.2. The molecule has 1 saturated heterocycles. The van der Waals surface area contributed by atoms with Gasteiger partial charge in [0.25, 0.3) is 0 Å². The average molecular weight is 260 g/mol. The van der Waals surface area contributed by atoms with Crippen molar-refractivity contribution in [2.45, 2.75) is 39.2 Å². The Bertz CT molecular complexity index is 363. The third kappa shape index (κ3) is 4.63. The summed E-state index contributed by atoms with van der Waals surface area (Å²) in [5, 5.41) is 3.50. The van der Waals surface area contributed by atoms with Crippen molar-refractivity contribution >= 4 is 0 Å². The fraction of sp³-hybridized carbons (Fsp3) is 0.647. The summed E-state index contributed by atoms with van der Waals surface area (Å²) in [5.41, 5.74) is 2.86. The number of rotatable bonds is 5. The highest BCUT2D eigenvalue weighted by Crippen LogP contribution is 2.16. The molecule has 2 rings (SSSR count). The first kappa shape index (κ1) is 14.5. The lowest BCUT2D eigenvalue weighted by molar-refractivity contribution is 0.237. The Hall–Kier alpha value is -0.860. The second kappa shape index (κ2) is 7.06. The Balaban J connectivity index is 1.82. The van der Waals surface area contributed by atoms with Crippen LogP contribution in [0.25, 0.3) is 0 Å². The van der Waals surface area contributed by atoms with Crippen LogP contribution in [0.15, 0.2) is 24.3 Å². The first-order valence-corrected chi connectivity index (χ1v) is 7.63. The van der Waals surface area contributed by atoms with Gasteiger partial charge < -0.3 is 10.2 Å². The molecule has 1 N–H and O–H groups in total. The molecule has 1 fully saturated rings. The first-order valence-electron chi connectivity index (χ1n) is 7.63. The fourth-order valence-electron chi connectivity index (χ4n) is 2.90. The molecule has 2 nitrogen and oxygen atoms in total. The molecule has 0 saturated carbocycles. The molecule has 0 spiro atoms. The van der Waals surface area contributed by atoms with Gasteiger partial charge in [-0.05, 0) is 55.9 Å². The van der Waals surface area contributed by atoms with E-state index in [9.17, 15) is 0 Å². The van der Waals surface area contributed by atoms with Gasteiger partial charge in [-0.25, -0.2) is 0 Å². The van der Waals surface area contributed by atoms with Crippen molar-refractivity contribution in [3.63, 3.8) is 0 Å². The predicted octanol–water partition coefficient (Wildman–Crippen LogP) is 3.24. The van der Waals surface area contributed by atoms with Gasteiger partial charge >= 0.3 is 0 Å². The molecule has 0 aromatic heterocycles. The molecule has 1 unspecified atom stereocenters. The highest BCUT2D eigenvalue weighted by Gasteiger charge is 2.14. The van der Waals surface area contributed by atoms with Crippen molar-refractivity contribution in [3.05, 3.63) is 35.4 Å². The Labute approximate surface area is 118 Å². The van der Waals surface area contributed by atoms with E-state index in [-0.39, 0.29) is 0 Å². The number of nitrogens with zero attached hydrogens (tertiary/aromatic N) is 1. The molecule has 0 aliphatic carbocycles. The third-order valence-corrected chi connectivity index (χ3v) is 4.07. The third-order valence-electron chi connectivity index (χ3n) is 4.07. The summed E-state index contributed by atoms with van der Waals surface area (Å²) in [6, 6.07) is 9.11. The number of hydrogen-bond donors (Lipinski definition) is 1. The highest BCUT2D eigenvalue weighted by atomic mass is 15.1. The van der Waals surface area contributed by atoms with Crippen LogP contribution in [-0.4, -0.2) is 31.6 Å². The van der Waals surface area contributed by atoms with Gasteiger partial charge in [0.1, 0.15) is 0 Å². The standard InChI is InChI=1S/C17H28N2/c1-14(2)17-8-6-15(7-9-17)12-19(3)13-16-5-4-10-18-11-16/h6-9,14,16,18H,4-5,10-13H2,1-3H3. The van der Waals surface area contributed by atoms with Crippen LogP contribution in [-0.2, 0) is 6.54 Å². The highest BCUT2D eigenvalue weighted by molar-refractivity contribution is 5.24. The van der Waals surface area contributed by atoms with Crippen LogP contribution in [0.3, 0.4) is 0 Å². The molecular formula is C17H28N2. The fourth-order valence-corrected chi connectivity index (χ4v) is 2.90. The van der Waals surface area contributed by atoms with Crippen LogP contribution in [0.4, 0.5) is 0 Å². The van der Waals surface area contributed by atoms with Gasteiger partial charge in [-0.2, -0.15) is 0 Å². The van der Waals surface area contributed by atoms with Crippen LogP contribution in [0.5, 0.6) is 0 Å². The summed E-state index contributed by atoms with van der Waals surface area (Å²) in [6.07, 6.45) is 2.71. The number of hydrogen-bond acceptors (Lipinski definition) is 2. The molecule has 106 valence electrons. The summed E-state index contributed by atoms with van der Waals surface area (Å²) in [4.78, 5) is 2.46. The van der Waals surface area contributed by atoms with E-state index >= 15 is 0 Å². The van der Waals surface area contributed by atoms with E-state index in [1.807, 2.05) is 0 Å². The average Bonchev–Trinajstić information content (AvgIpc) is 2.40. The Morgan fingerprint density at radius 2 is 2.00 bits per heavy atom. The molecule has 19 heavy (non-hydrogen) atoms. The van der Waals surface area contributed by atoms with Gasteiger partial charge in [0.15, 0.2) is 0 Å². The minimum Gasteiger partial charge on any atom is -0.316 e. The molecule has 1 aromatic rings. The molecule has 0 amide bonds. The SMILES string of the molecule is CC(C)c1ccc(CN(C)CC2CCCNC2)cc1. The van der Waals surface area contributed by atoms with Crippen LogP contribution in [0.2, 0.25) is 0 Å². The predicted molar refractivity (Wildman–Crippen MR) is 82.5 cm³/mol. The van der Waals surface area contributed by atoms with Crippen molar-refractivity contribution in [1.29, 1.82) is 0 Å². The lowest BCUT2D eigenvalue weighted by atomic mass is 9.98. The zero-order chi connectivity index (χ0) is 13.7. The molecule has 2 heteroatoms. The zero-order valence-electron chi connectivity index (χ0n) is 12.7. The summed E-state index contributed by atoms with van der Waals surface area (Å²) in [5.74, 6) is 1.45. The van der Waals surface area contributed by atoms with E-state index in [1.165, 1.54) is 43.6 Å². The maximum Gasteiger partial charge on any atom is 0.0230 e. The Kier molecular flexibility index (Phi) is 5.41. The summed E-state index contributed by atoms with van der Waals surface area (Å²) >= 11 is 0. The second-order valence-corrected chi connectivity index (χ2v) is 6.31. The van der Waals surface area contributed by atoms with Crippen LogP contribution < -0.4 is 5.32 Å². The number of nitrogens with one attached hydrogen (secondary N) is 1. The number of benzene rings is 1. The second-order valence-electron chi connectivity index (χ2n) is 6.31. The largest absolute Gasteiger partial charge is 0.316 e.